The number of carbonyl (C=O) groups is 1. The molecule has 1 heterocycles. The number of aldehydes is 1. The average molecular weight is 189 g/mol. The van der Waals surface area contributed by atoms with Gasteiger partial charge < -0.3 is 15.2 Å². The highest BCUT2D eigenvalue weighted by molar-refractivity contribution is 5.71. The van der Waals surface area contributed by atoms with Crippen LogP contribution in [0, 0.1) is 6.92 Å². The van der Waals surface area contributed by atoms with Gasteiger partial charge in [0.25, 0.3) is 0 Å². The van der Waals surface area contributed by atoms with E-state index in [1.807, 2.05) is 19.1 Å². The molecule has 14 heavy (non-hydrogen) atoms. The van der Waals surface area contributed by atoms with E-state index in [2.05, 4.69) is 5.32 Å². The average Bonchev–Trinajstić information content (AvgIpc) is 2.19. The molecule has 0 fully saturated rings. The van der Waals surface area contributed by atoms with Crippen molar-refractivity contribution in [2.24, 2.45) is 0 Å². The predicted octanol–water partition coefficient (Wildman–Crippen LogP) is 1.51. The predicted molar refractivity (Wildman–Crippen MR) is 53.8 cm³/mol. The molecule has 2 rings (SSSR count). The van der Waals surface area contributed by atoms with Crippen LogP contribution in [0.2, 0.25) is 0 Å². The van der Waals surface area contributed by atoms with Crippen LogP contribution in [0.15, 0.2) is 18.3 Å². The maximum atomic E-state index is 10.8. The van der Waals surface area contributed by atoms with Crippen LogP contribution >= 0.6 is 0 Å². The number of fused-ring (bicyclic) bond motifs is 1. The summed E-state index contributed by atoms with van der Waals surface area (Å²) in [4.78, 5) is 10.8. The topological polar surface area (TPSA) is 49.3 Å². The number of benzene rings is 1. The minimum absolute atomic E-state index is 0.264. The van der Waals surface area contributed by atoms with Gasteiger partial charge >= 0.3 is 0 Å². The van der Waals surface area contributed by atoms with Crippen molar-refractivity contribution in [2.45, 2.75) is 13.0 Å². The SMILES string of the molecule is Cc1cc2c(cc1O)C=CNC2C=O. The van der Waals surface area contributed by atoms with E-state index >= 15 is 0 Å². The number of carbonyl (C=O) groups excluding carboxylic acids is 1. The quantitative estimate of drug-likeness (QED) is 0.658. The molecule has 0 saturated carbocycles. The van der Waals surface area contributed by atoms with E-state index in [1.54, 1.807) is 12.3 Å². The number of nitrogens with one attached hydrogen (secondary N) is 1. The first kappa shape index (κ1) is 8.81. The van der Waals surface area contributed by atoms with Gasteiger partial charge in [0.2, 0.25) is 0 Å². The van der Waals surface area contributed by atoms with Crippen molar-refractivity contribution in [2.75, 3.05) is 0 Å². The van der Waals surface area contributed by atoms with Gasteiger partial charge in [-0.2, -0.15) is 0 Å². The molecule has 0 aliphatic carbocycles. The summed E-state index contributed by atoms with van der Waals surface area (Å²) < 4.78 is 0. The van der Waals surface area contributed by atoms with Gasteiger partial charge in [0.15, 0.2) is 0 Å². The highest BCUT2D eigenvalue weighted by Crippen LogP contribution is 2.28. The molecule has 3 heteroatoms. The van der Waals surface area contributed by atoms with Crippen LogP contribution in [0.1, 0.15) is 22.7 Å². The molecule has 0 saturated heterocycles. The highest BCUT2D eigenvalue weighted by atomic mass is 16.3. The molecule has 0 bridgehead atoms. The molecule has 1 aromatic rings. The number of hydrogen-bond acceptors (Lipinski definition) is 3. The first-order chi connectivity index (χ1) is 6.72. The van der Waals surface area contributed by atoms with Gasteiger partial charge in [-0.1, -0.05) is 0 Å². The number of aromatic hydroxyl groups is 1. The summed E-state index contributed by atoms with van der Waals surface area (Å²) in [6.07, 6.45) is 4.42. The second-order valence-corrected chi connectivity index (χ2v) is 3.38. The Hall–Kier alpha value is -1.77. The fourth-order valence-corrected chi connectivity index (χ4v) is 1.59. The van der Waals surface area contributed by atoms with E-state index in [-0.39, 0.29) is 11.8 Å². The monoisotopic (exact) mass is 189 g/mol. The van der Waals surface area contributed by atoms with Crippen molar-refractivity contribution in [3.05, 3.63) is 35.0 Å². The Morgan fingerprint density at radius 1 is 1.50 bits per heavy atom. The van der Waals surface area contributed by atoms with Gasteiger partial charge in [0.1, 0.15) is 18.1 Å². The lowest BCUT2D eigenvalue weighted by molar-refractivity contribution is -0.109. The van der Waals surface area contributed by atoms with E-state index in [4.69, 9.17) is 0 Å². The zero-order valence-electron chi connectivity index (χ0n) is 7.82. The molecule has 1 aliphatic rings. The van der Waals surface area contributed by atoms with Crippen molar-refractivity contribution in [1.29, 1.82) is 0 Å². The van der Waals surface area contributed by atoms with E-state index in [0.29, 0.717) is 0 Å². The second-order valence-electron chi connectivity index (χ2n) is 3.38. The number of hydrogen-bond donors (Lipinski definition) is 2. The summed E-state index contributed by atoms with van der Waals surface area (Å²) in [5.74, 6) is 0.264. The van der Waals surface area contributed by atoms with E-state index in [0.717, 1.165) is 23.0 Å². The molecule has 3 nitrogen and oxygen atoms in total. The molecular formula is C11H11NO2. The van der Waals surface area contributed by atoms with Crippen molar-refractivity contribution < 1.29 is 9.90 Å². The van der Waals surface area contributed by atoms with Gasteiger partial charge in [-0.25, -0.2) is 0 Å². The largest absolute Gasteiger partial charge is 0.508 e. The van der Waals surface area contributed by atoms with Crippen molar-refractivity contribution in [1.82, 2.24) is 5.32 Å². The Kier molecular flexibility index (Phi) is 2.00. The molecule has 0 spiro atoms. The van der Waals surface area contributed by atoms with E-state index in [9.17, 15) is 9.90 Å². The van der Waals surface area contributed by atoms with Gasteiger partial charge in [-0.05, 0) is 48.0 Å². The smallest absolute Gasteiger partial charge is 0.146 e. The summed E-state index contributed by atoms with van der Waals surface area (Å²) in [6, 6.07) is 3.22. The molecule has 1 aliphatic heterocycles. The molecule has 0 amide bonds. The lowest BCUT2D eigenvalue weighted by Crippen LogP contribution is -2.20. The van der Waals surface area contributed by atoms with Crippen LogP contribution < -0.4 is 5.32 Å². The van der Waals surface area contributed by atoms with Crippen LogP contribution in [0.3, 0.4) is 0 Å². The zero-order valence-corrected chi connectivity index (χ0v) is 7.82. The Labute approximate surface area is 82.1 Å². The van der Waals surface area contributed by atoms with E-state index in [1.165, 1.54) is 0 Å². The van der Waals surface area contributed by atoms with Crippen LogP contribution in [-0.2, 0) is 4.79 Å². The fourth-order valence-electron chi connectivity index (χ4n) is 1.59. The van der Waals surface area contributed by atoms with Crippen LogP contribution in [0.25, 0.3) is 6.08 Å². The lowest BCUT2D eigenvalue weighted by atomic mass is 9.96. The normalized spacial score (nSPS) is 18.5. The third kappa shape index (κ3) is 1.27. The molecule has 0 aromatic heterocycles. The standard InChI is InChI=1S/C11H11NO2/c1-7-4-9-8(5-11(7)14)2-3-12-10(9)6-13/h2-6,10,12,14H,1H3. The number of phenols is 1. The van der Waals surface area contributed by atoms with Crippen molar-refractivity contribution in [3.8, 4) is 5.75 Å². The third-order valence-corrected chi connectivity index (χ3v) is 2.41. The van der Waals surface area contributed by atoms with Crippen molar-refractivity contribution in [3.63, 3.8) is 0 Å². The minimum atomic E-state index is -0.297. The van der Waals surface area contributed by atoms with Gasteiger partial charge in [0.05, 0.1) is 0 Å². The summed E-state index contributed by atoms with van der Waals surface area (Å²) in [5.41, 5.74) is 2.59. The number of aryl methyl sites for hydroxylation is 1. The molecular weight excluding hydrogens is 178 g/mol. The molecule has 0 radical (unpaired) electrons. The fraction of sp³-hybridized carbons (Fsp3) is 0.182. The Morgan fingerprint density at radius 2 is 2.29 bits per heavy atom. The first-order valence-corrected chi connectivity index (χ1v) is 4.44. The van der Waals surface area contributed by atoms with Crippen LogP contribution in [0.4, 0.5) is 0 Å². The maximum Gasteiger partial charge on any atom is 0.146 e. The number of rotatable bonds is 1. The Balaban J connectivity index is 2.59. The van der Waals surface area contributed by atoms with Gasteiger partial charge in [-0.15, -0.1) is 0 Å². The number of phenolic OH excluding ortho intramolecular Hbond substituents is 1. The maximum absolute atomic E-state index is 10.8. The summed E-state index contributed by atoms with van der Waals surface area (Å²) in [7, 11) is 0. The highest BCUT2D eigenvalue weighted by Gasteiger charge is 2.16. The van der Waals surface area contributed by atoms with Crippen LogP contribution in [0.5, 0.6) is 5.75 Å². The summed E-state index contributed by atoms with van der Waals surface area (Å²) in [5, 5.41) is 12.4. The third-order valence-electron chi connectivity index (χ3n) is 2.41. The molecule has 1 aromatic carbocycles. The molecule has 1 unspecified atom stereocenters. The first-order valence-electron chi connectivity index (χ1n) is 4.44. The van der Waals surface area contributed by atoms with Crippen LogP contribution in [-0.4, -0.2) is 11.4 Å². The molecule has 1 atom stereocenters. The lowest BCUT2D eigenvalue weighted by Gasteiger charge is -2.19. The molecule has 72 valence electrons. The molecule has 2 N–H and O–H groups in total. The second kappa shape index (κ2) is 3.18. The Bertz CT molecular complexity index is 410. The van der Waals surface area contributed by atoms with Crippen molar-refractivity contribution >= 4 is 12.4 Å². The minimum Gasteiger partial charge on any atom is -0.508 e. The zero-order chi connectivity index (χ0) is 10.1. The summed E-state index contributed by atoms with van der Waals surface area (Å²) >= 11 is 0. The van der Waals surface area contributed by atoms with Gasteiger partial charge in [0, 0.05) is 0 Å². The van der Waals surface area contributed by atoms with Gasteiger partial charge in [-0.3, -0.25) is 0 Å². The summed E-state index contributed by atoms with van der Waals surface area (Å²) in [6.45, 7) is 1.82. The van der Waals surface area contributed by atoms with E-state index < -0.39 is 0 Å². The Morgan fingerprint density at radius 3 is 3.00 bits per heavy atom.